The minimum absolute atomic E-state index is 0.364. The first-order valence-electron chi connectivity index (χ1n) is 5.74. The van der Waals surface area contributed by atoms with Crippen LogP contribution in [-0.2, 0) is 4.79 Å². The summed E-state index contributed by atoms with van der Waals surface area (Å²) in [5.74, 6) is -0.0120. The molecule has 0 aromatic rings. The molecule has 1 saturated carbocycles. The predicted molar refractivity (Wildman–Crippen MR) is 61.7 cm³/mol. The van der Waals surface area contributed by atoms with Gasteiger partial charge >= 0.3 is 5.97 Å². The fourth-order valence-corrected chi connectivity index (χ4v) is 2.36. The van der Waals surface area contributed by atoms with Crippen molar-refractivity contribution >= 4 is 5.97 Å². The second-order valence-corrected chi connectivity index (χ2v) is 5.67. The van der Waals surface area contributed by atoms with Crippen LogP contribution in [0.4, 0.5) is 0 Å². The van der Waals surface area contributed by atoms with Crippen molar-refractivity contribution in [1.82, 2.24) is 0 Å². The predicted octanol–water partition coefficient (Wildman–Crippen LogP) is 3.62. The highest BCUT2D eigenvalue weighted by Gasteiger charge is 2.28. The first kappa shape index (κ1) is 12.3. The number of hydrogen-bond acceptors (Lipinski definition) is 1. The van der Waals surface area contributed by atoms with E-state index < -0.39 is 5.97 Å². The van der Waals surface area contributed by atoms with Gasteiger partial charge in [-0.25, -0.2) is 4.79 Å². The Labute approximate surface area is 92.4 Å². The first-order valence-corrected chi connectivity index (χ1v) is 5.74. The molecule has 86 valence electrons. The molecule has 1 aliphatic carbocycles. The van der Waals surface area contributed by atoms with E-state index in [2.05, 4.69) is 20.8 Å². The van der Waals surface area contributed by atoms with Gasteiger partial charge in [-0.15, -0.1) is 0 Å². The van der Waals surface area contributed by atoms with Gasteiger partial charge in [-0.05, 0) is 43.9 Å². The molecule has 1 N–H and O–H groups in total. The fourth-order valence-electron chi connectivity index (χ4n) is 2.36. The van der Waals surface area contributed by atoms with Gasteiger partial charge in [0, 0.05) is 5.57 Å². The topological polar surface area (TPSA) is 37.3 Å². The highest BCUT2D eigenvalue weighted by Crippen LogP contribution is 2.40. The number of hydrogen-bond donors (Lipinski definition) is 1. The molecule has 0 amide bonds. The van der Waals surface area contributed by atoms with Gasteiger partial charge in [-0.1, -0.05) is 26.3 Å². The standard InChI is InChI=1S/C13H22O2/c1-9(12(14)15)10-5-7-11(8-6-10)13(2,3)4/h11H,5-8H2,1-4H3,(H,14,15). The lowest BCUT2D eigenvalue weighted by atomic mass is 9.71. The Morgan fingerprint density at radius 2 is 1.73 bits per heavy atom. The molecular weight excluding hydrogens is 188 g/mol. The van der Waals surface area contributed by atoms with E-state index in [4.69, 9.17) is 5.11 Å². The van der Waals surface area contributed by atoms with Crippen molar-refractivity contribution in [2.45, 2.75) is 53.4 Å². The second kappa shape index (κ2) is 4.38. The van der Waals surface area contributed by atoms with E-state index in [-0.39, 0.29) is 0 Å². The average molecular weight is 210 g/mol. The molecule has 0 atom stereocenters. The zero-order chi connectivity index (χ0) is 11.6. The van der Waals surface area contributed by atoms with Crippen molar-refractivity contribution in [3.05, 3.63) is 11.1 Å². The maximum atomic E-state index is 10.8. The molecule has 0 aromatic heterocycles. The first-order chi connectivity index (χ1) is 6.82. The molecule has 0 unspecified atom stereocenters. The molecule has 15 heavy (non-hydrogen) atoms. The summed E-state index contributed by atoms with van der Waals surface area (Å²) in [6.07, 6.45) is 4.23. The molecule has 2 nitrogen and oxygen atoms in total. The summed E-state index contributed by atoms with van der Waals surface area (Å²) in [5.41, 5.74) is 2.09. The zero-order valence-corrected chi connectivity index (χ0v) is 10.3. The maximum absolute atomic E-state index is 10.8. The zero-order valence-electron chi connectivity index (χ0n) is 10.3. The lowest BCUT2D eigenvalue weighted by Gasteiger charge is -2.35. The molecule has 0 heterocycles. The minimum atomic E-state index is -0.751. The van der Waals surface area contributed by atoms with Crippen LogP contribution in [0.15, 0.2) is 11.1 Å². The fraction of sp³-hybridized carbons (Fsp3) is 0.769. The molecule has 0 radical (unpaired) electrons. The molecule has 0 spiro atoms. The maximum Gasteiger partial charge on any atom is 0.331 e. The molecular formula is C13H22O2. The van der Waals surface area contributed by atoms with Gasteiger partial charge in [0.15, 0.2) is 0 Å². The van der Waals surface area contributed by atoms with E-state index in [1.807, 2.05) is 0 Å². The molecule has 0 aliphatic heterocycles. The van der Waals surface area contributed by atoms with Gasteiger partial charge in [0.05, 0.1) is 0 Å². The van der Waals surface area contributed by atoms with Crippen LogP contribution >= 0.6 is 0 Å². The summed E-state index contributed by atoms with van der Waals surface area (Å²) in [6.45, 7) is 8.55. The summed E-state index contributed by atoms with van der Waals surface area (Å²) in [4.78, 5) is 10.8. The van der Waals surface area contributed by atoms with Crippen LogP contribution in [0.2, 0.25) is 0 Å². The van der Waals surface area contributed by atoms with E-state index in [9.17, 15) is 4.79 Å². The number of allylic oxidation sites excluding steroid dienone is 1. The van der Waals surface area contributed by atoms with E-state index in [0.717, 1.165) is 37.2 Å². The van der Waals surface area contributed by atoms with Crippen LogP contribution in [0, 0.1) is 11.3 Å². The molecule has 0 saturated heterocycles. The summed E-state index contributed by atoms with van der Waals surface area (Å²) in [7, 11) is 0. The second-order valence-electron chi connectivity index (χ2n) is 5.67. The summed E-state index contributed by atoms with van der Waals surface area (Å²) in [6, 6.07) is 0. The smallest absolute Gasteiger partial charge is 0.331 e. The monoisotopic (exact) mass is 210 g/mol. The Morgan fingerprint density at radius 3 is 2.07 bits per heavy atom. The van der Waals surface area contributed by atoms with Crippen LogP contribution in [-0.4, -0.2) is 11.1 Å². The number of aliphatic carboxylic acids is 1. The largest absolute Gasteiger partial charge is 0.478 e. The van der Waals surface area contributed by atoms with Gasteiger partial charge in [0.1, 0.15) is 0 Å². The van der Waals surface area contributed by atoms with Crippen molar-refractivity contribution in [2.24, 2.45) is 11.3 Å². The third-order valence-electron chi connectivity index (χ3n) is 3.67. The molecule has 0 bridgehead atoms. The van der Waals surface area contributed by atoms with E-state index in [0.29, 0.717) is 11.0 Å². The highest BCUT2D eigenvalue weighted by molar-refractivity contribution is 5.86. The summed E-state index contributed by atoms with van der Waals surface area (Å²) in [5, 5.41) is 8.90. The van der Waals surface area contributed by atoms with E-state index >= 15 is 0 Å². The van der Waals surface area contributed by atoms with Crippen LogP contribution in [0.5, 0.6) is 0 Å². The minimum Gasteiger partial charge on any atom is -0.478 e. The van der Waals surface area contributed by atoms with Crippen molar-refractivity contribution in [3.63, 3.8) is 0 Å². The van der Waals surface area contributed by atoms with E-state index in [1.54, 1.807) is 6.92 Å². The third kappa shape index (κ3) is 3.08. The third-order valence-corrected chi connectivity index (χ3v) is 3.67. The Morgan fingerprint density at radius 1 is 1.27 bits per heavy atom. The summed E-state index contributed by atoms with van der Waals surface area (Å²) < 4.78 is 0. The van der Waals surface area contributed by atoms with Crippen LogP contribution in [0.1, 0.15) is 53.4 Å². The van der Waals surface area contributed by atoms with Crippen molar-refractivity contribution < 1.29 is 9.90 Å². The average Bonchev–Trinajstić information content (AvgIpc) is 2.15. The number of carboxylic acid groups (broad SMARTS) is 1. The molecule has 0 aromatic carbocycles. The van der Waals surface area contributed by atoms with Gasteiger partial charge in [0.25, 0.3) is 0 Å². The van der Waals surface area contributed by atoms with Crippen molar-refractivity contribution in [1.29, 1.82) is 0 Å². The number of carbonyl (C=O) groups is 1. The molecule has 2 heteroatoms. The SMILES string of the molecule is CC(C(=O)O)=C1CCC(C(C)(C)C)CC1. The lowest BCUT2D eigenvalue weighted by molar-refractivity contribution is -0.132. The van der Waals surface area contributed by atoms with Gasteiger partial charge in [-0.2, -0.15) is 0 Å². The van der Waals surface area contributed by atoms with Crippen molar-refractivity contribution in [3.8, 4) is 0 Å². The highest BCUT2D eigenvalue weighted by atomic mass is 16.4. The molecule has 1 rings (SSSR count). The van der Waals surface area contributed by atoms with E-state index in [1.165, 1.54) is 0 Å². The van der Waals surface area contributed by atoms with Crippen LogP contribution < -0.4 is 0 Å². The molecule has 1 fully saturated rings. The van der Waals surface area contributed by atoms with Crippen molar-refractivity contribution in [2.75, 3.05) is 0 Å². The van der Waals surface area contributed by atoms with Gasteiger partial charge in [-0.3, -0.25) is 0 Å². The quantitative estimate of drug-likeness (QED) is 0.671. The Bertz CT molecular complexity index is 271. The normalized spacial score (nSPS) is 22.7. The van der Waals surface area contributed by atoms with Gasteiger partial charge in [0.2, 0.25) is 0 Å². The number of rotatable bonds is 1. The number of carboxylic acids is 1. The summed E-state index contributed by atoms with van der Waals surface area (Å²) >= 11 is 0. The van der Waals surface area contributed by atoms with Crippen LogP contribution in [0.25, 0.3) is 0 Å². The van der Waals surface area contributed by atoms with Gasteiger partial charge < -0.3 is 5.11 Å². The Balaban J connectivity index is 2.64. The Kier molecular flexibility index (Phi) is 3.58. The van der Waals surface area contributed by atoms with Crippen LogP contribution in [0.3, 0.4) is 0 Å². The molecule has 1 aliphatic rings. The Hall–Kier alpha value is -0.790. The lowest BCUT2D eigenvalue weighted by Crippen LogP contribution is -2.24.